The summed E-state index contributed by atoms with van der Waals surface area (Å²) in [5.74, 6) is 0.753. The van der Waals surface area contributed by atoms with Gasteiger partial charge in [-0.15, -0.1) is 5.10 Å². The summed E-state index contributed by atoms with van der Waals surface area (Å²) < 4.78 is 28.5. The third-order valence-electron chi connectivity index (χ3n) is 6.49. The highest BCUT2D eigenvalue weighted by Gasteiger charge is 2.28. The van der Waals surface area contributed by atoms with Crippen LogP contribution in [0.25, 0.3) is 16.6 Å². The Morgan fingerprint density at radius 3 is 2.17 bits per heavy atom. The van der Waals surface area contributed by atoms with Crippen molar-refractivity contribution in [2.45, 2.75) is 16.8 Å². The molecule has 9 heteroatoms. The highest BCUT2D eigenvalue weighted by atomic mass is 32.2. The van der Waals surface area contributed by atoms with Gasteiger partial charge < -0.3 is 9.80 Å². The van der Waals surface area contributed by atoms with Crippen molar-refractivity contribution in [3.63, 3.8) is 0 Å². The Morgan fingerprint density at radius 2 is 1.43 bits per heavy atom. The number of hydrogen-bond acceptors (Lipinski definition) is 7. The second-order valence-electron chi connectivity index (χ2n) is 8.71. The lowest BCUT2D eigenvalue weighted by Gasteiger charge is -2.37. The Morgan fingerprint density at radius 1 is 0.771 bits per heavy atom. The summed E-state index contributed by atoms with van der Waals surface area (Å²) in [6.45, 7) is 5.14. The number of piperazine rings is 1. The SMILES string of the molecule is Cc1ccc(S(=O)(=O)c2nnn3c2nc(N2CCN(c4ccccc4)CC2)c2ccccc23)cc1. The first-order valence-electron chi connectivity index (χ1n) is 11.5. The van der Waals surface area contributed by atoms with E-state index < -0.39 is 9.84 Å². The molecule has 0 radical (unpaired) electrons. The molecular formula is C26H24N6O2S. The Balaban J connectivity index is 1.44. The Bertz CT molecular complexity index is 1620. The number of sulfone groups is 1. The van der Waals surface area contributed by atoms with E-state index in [9.17, 15) is 8.42 Å². The number of anilines is 2. The van der Waals surface area contributed by atoms with E-state index in [1.54, 1.807) is 24.3 Å². The molecule has 0 N–H and O–H groups in total. The standard InChI is InChI=1S/C26H24N6O2S/c1-19-11-13-21(14-12-19)35(33,34)26-25-27-24(22-9-5-6-10-23(22)32(25)29-28-26)31-17-15-30(16-18-31)20-7-3-2-4-8-20/h2-14H,15-18H2,1H3. The smallest absolute Gasteiger partial charge is 0.229 e. The second kappa shape index (κ2) is 8.35. The third-order valence-corrected chi connectivity index (χ3v) is 8.15. The monoisotopic (exact) mass is 484 g/mol. The van der Waals surface area contributed by atoms with Crippen molar-refractivity contribution in [3.8, 4) is 0 Å². The number of aromatic nitrogens is 4. The predicted octanol–water partition coefficient (Wildman–Crippen LogP) is 3.75. The first-order chi connectivity index (χ1) is 17.0. The van der Waals surface area contributed by atoms with E-state index in [0.717, 1.165) is 48.5 Å². The van der Waals surface area contributed by atoms with Crippen LogP contribution >= 0.6 is 0 Å². The molecule has 0 atom stereocenters. The van der Waals surface area contributed by atoms with Crippen LogP contribution in [0.5, 0.6) is 0 Å². The summed E-state index contributed by atoms with van der Waals surface area (Å²) in [6.07, 6.45) is 0. The minimum absolute atomic E-state index is 0.128. The van der Waals surface area contributed by atoms with Crippen LogP contribution in [0.4, 0.5) is 11.5 Å². The summed E-state index contributed by atoms with van der Waals surface area (Å²) >= 11 is 0. The number of benzene rings is 3. The Hall–Kier alpha value is -3.98. The van der Waals surface area contributed by atoms with E-state index in [1.807, 2.05) is 49.4 Å². The molecule has 5 aromatic rings. The lowest BCUT2D eigenvalue weighted by Crippen LogP contribution is -2.47. The van der Waals surface area contributed by atoms with Gasteiger partial charge in [0.2, 0.25) is 14.9 Å². The molecule has 1 fully saturated rings. The average Bonchev–Trinajstić information content (AvgIpc) is 3.34. The van der Waals surface area contributed by atoms with E-state index in [2.05, 4.69) is 32.2 Å². The molecule has 1 saturated heterocycles. The predicted molar refractivity (Wildman–Crippen MR) is 136 cm³/mol. The number of aryl methyl sites for hydroxylation is 1. The Kier molecular flexibility index (Phi) is 5.14. The van der Waals surface area contributed by atoms with Crippen molar-refractivity contribution in [1.29, 1.82) is 0 Å². The minimum Gasteiger partial charge on any atom is -0.368 e. The largest absolute Gasteiger partial charge is 0.368 e. The third kappa shape index (κ3) is 3.68. The van der Waals surface area contributed by atoms with Crippen LogP contribution in [0.15, 0.2) is 88.8 Å². The fourth-order valence-corrected chi connectivity index (χ4v) is 5.82. The number of fused-ring (bicyclic) bond motifs is 3. The van der Waals surface area contributed by atoms with Crippen LogP contribution < -0.4 is 9.80 Å². The van der Waals surface area contributed by atoms with Gasteiger partial charge in [0.1, 0.15) is 5.82 Å². The molecule has 0 unspecified atom stereocenters. The maximum Gasteiger partial charge on any atom is 0.229 e. The zero-order chi connectivity index (χ0) is 24.0. The molecule has 0 saturated carbocycles. The molecule has 1 aliphatic rings. The maximum absolute atomic E-state index is 13.5. The van der Waals surface area contributed by atoms with Crippen LogP contribution in [0.3, 0.4) is 0 Å². The summed E-state index contributed by atoms with van der Waals surface area (Å²) in [4.78, 5) is 9.61. The van der Waals surface area contributed by atoms with E-state index in [-0.39, 0.29) is 15.6 Å². The van der Waals surface area contributed by atoms with E-state index in [0.29, 0.717) is 0 Å². The average molecular weight is 485 g/mol. The zero-order valence-electron chi connectivity index (χ0n) is 19.2. The highest BCUT2D eigenvalue weighted by Crippen LogP contribution is 2.31. The van der Waals surface area contributed by atoms with Crippen molar-refractivity contribution >= 4 is 37.9 Å². The van der Waals surface area contributed by atoms with Gasteiger partial charge in [-0.25, -0.2) is 13.4 Å². The van der Waals surface area contributed by atoms with Gasteiger partial charge in [-0.1, -0.05) is 53.2 Å². The number of nitrogens with zero attached hydrogens (tertiary/aromatic N) is 6. The number of rotatable bonds is 4. The van der Waals surface area contributed by atoms with Gasteiger partial charge in [0.15, 0.2) is 5.65 Å². The molecule has 0 aliphatic carbocycles. The molecule has 3 heterocycles. The van der Waals surface area contributed by atoms with Gasteiger partial charge in [-0.3, -0.25) is 0 Å². The molecule has 2 aromatic heterocycles. The molecule has 6 rings (SSSR count). The van der Waals surface area contributed by atoms with Crippen molar-refractivity contribution in [2.75, 3.05) is 36.0 Å². The highest BCUT2D eigenvalue weighted by molar-refractivity contribution is 7.91. The quantitative estimate of drug-likeness (QED) is 0.384. The topological polar surface area (TPSA) is 83.7 Å². The van der Waals surface area contributed by atoms with E-state index >= 15 is 0 Å². The van der Waals surface area contributed by atoms with E-state index in [1.165, 1.54) is 10.2 Å². The summed E-state index contributed by atoms with van der Waals surface area (Å²) in [6, 6.07) is 24.9. The second-order valence-corrected chi connectivity index (χ2v) is 10.6. The minimum atomic E-state index is -3.88. The molecule has 0 bridgehead atoms. The van der Waals surface area contributed by atoms with Crippen molar-refractivity contribution in [3.05, 3.63) is 84.4 Å². The van der Waals surface area contributed by atoms with Gasteiger partial charge in [-0.05, 0) is 43.3 Å². The molecule has 176 valence electrons. The van der Waals surface area contributed by atoms with Gasteiger partial charge in [0.05, 0.1) is 10.4 Å². The van der Waals surface area contributed by atoms with Crippen LogP contribution in [-0.2, 0) is 9.84 Å². The summed E-state index contributed by atoms with van der Waals surface area (Å²) in [7, 11) is -3.88. The first-order valence-corrected chi connectivity index (χ1v) is 13.0. The molecule has 0 amide bonds. The Labute approximate surface area is 203 Å². The van der Waals surface area contributed by atoms with Gasteiger partial charge in [-0.2, -0.15) is 4.52 Å². The first kappa shape index (κ1) is 21.5. The fraction of sp³-hybridized carbons (Fsp3) is 0.192. The molecule has 8 nitrogen and oxygen atoms in total. The molecule has 1 aliphatic heterocycles. The summed E-state index contributed by atoms with van der Waals surface area (Å²) in [5.41, 5.74) is 3.20. The molecule has 3 aromatic carbocycles. The van der Waals surface area contributed by atoms with Crippen LogP contribution in [0, 0.1) is 6.92 Å². The van der Waals surface area contributed by atoms with E-state index in [4.69, 9.17) is 4.98 Å². The summed E-state index contributed by atoms with van der Waals surface area (Å²) in [5, 5.41) is 9.07. The number of para-hydroxylation sites is 2. The van der Waals surface area contributed by atoms with Crippen LogP contribution in [0.2, 0.25) is 0 Å². The molecule has 0 spiro atoms. The van der Waals surface area contributed by atoms with Crippen molar-refractivity contribution in [1.82, 2.24) is 19.8 Å². The molecular weight excluding hydrogens is 460 g/mol. The van der Waals surface area contributed by atoms with Crippen LogP contribution in [0.1, 0.15) is 5.56 Å². The lowest BCUT2D eigenvalue weighted by atomic mass is 10.2. The van der Waals surface area contributed by atoms with Crippen molar-refractivity contribution in [2.24, 2.45) is 0 Å². The normalized spacial score (nSPS) is 14.7. The van der Waals surface area contributed by atoms with Gasteiger partial charge in [0, 0.05) is 37.3 Å². The molecule has 35 heavy (non-hydrogen) atoms. The fourth-order valence-electron chi connectivity index (χ4n) is 4.59. The number of hydrogen-bond donors (Lipinski definition) is 0. The van der Waals surface area contributed by atoms with Crippen molar-refractivity contribution < 1.29 is 8.42 Å². The maximum atomic E-state index is 13.5. The van der Waals surface area contributed by atoms with Crippen LogP contribution in [-0.4, -0.2) is 54.4 Å². The lowest BCUT2D eigenvalue weighted by molar-refractivity contribution is 0.592. The van der Waals surface area contributed by atoms with Gasteiger partial charge in [0.25, 0.3) is 0 Å². The zero-order valence-corrected chi connectivity index (χ0v) is 20.1. The van der Waals surface area contributed by atoms with Gasteiger partial charge >= 0.3 is 0 Å².